The number of nitrogens with zero attached hydrogens (tertiary/aromatic N) is 1. The van der Waals surface area contributed by atoms with E-state index in [9.17, 15) is 19.2 Å². The Bertz CT molecular complexity index is 904. The first-order valence-electron chi connectivity index (χ1n) is 15.2. The Morgan fingerprint density at radius 3 is 2.33 bits per heavy atom. The maximum absolute atomic E-state index is 13.5. The minimum Gasteiger partial charge on any atom is -0.466 e. The van der Waals surface area contributed by atoms with Gasteiger partial charge in [0.2, 0.25) is 0 Å². The number of piperidine rings is 1. The van der Waals surface area contributed by atoms with Gasteiger partial charge < -0.3 is 14.2 Å². The van der Waals surface area contributed by atoms with E-state index in [1.165, 1.54) is 0 Å². The molecule has 0 amide bonds. The molecule has 224 valence electrons. The Balaban J connectivity index is 2.01. The molecular formula is C32H49NO7. The average Bonchev–Trinajstić information content (AvgIpc) is 2.93. The first kappa shape index (κ1) is 33.6. The minimum absolute atomic E-state index is 0.0169. The van der Waals surface area contributed by atoms with Crippen molar-refractivity contribution in [2.24, 2.45) is 5.92 Å². The predicted molar refractivity (Wildman–Crippen MR) is 154 cm³/mol. The van der Waals surface area contributed by atoms with E-state index in [0.29, 0.717) is 39.0 Å². The summed E-state index contributed by atoms with van der Waals surface area (Å²) < 4.78 is 16.3. The van der Waals surface area contributed by atoms with E-state index in [-0.39, 0.29) is 36.8 Å². The molecule has 0 bridgehead atoms. The minimum atomic E-state index is -1.33. The maximum atomic E-state index is 13.5. The number of esters is 2. The number of Topliss-reactive ketones (excluding diaryl/α,β-unsaturated/α-hetero) is 2. The van der Waals surface area contributed by atoms with Crippen LogP contribution in [0.3, 0.4) is 0 Å². The fourth-order valence-electron chi connectivity index (χ4n) is 5.19. The lowest BCUT2D eigenvalue weighted by atomic mass is 9.85. The monoisotopic (exact) mass is 559 g/mol. The molecule has 0 saturated carbocycles. The number of likely N-dealkylation sites (tertiary alicyclic amines) is 1. The normalized spacial score (nSPS) is 18.5. The molecule has 3 atom stereocenters. The molecule has 3 unspecified atom stereocenters. The Morgan fingerprint density at radius 2 is 1.62 bits per heavy atom. The highest BCUT2D eigenvalue weighted by Gasteiger charge is 2.46. The van der Waals surface area contributed by atoms with Gasteiger partial charge in [-0.15, -0.1) is 0 Å². The Kier molecular flexibility index (Phi) is 16.4. The molecule has 8 heteroatoms. The van der Waals surface area contributed by atoms with Crippen LogP contribution in [-0.2, 0) is 40.0 Å². The number of unbranched alkanes of at least 4 members (excludes halogenated alkanes) is 5. The molecule has 1 fully saturated rings. The van der Waals surface area contributed by atoms with Gasteiger partial charge in [-0.25, -0.2) is 0 Å². The summed E-state index contributed by atoms with van der Waals surface area (Å²) in [4.78, 5) is 52.4. The second-order valence-electron chi connectivity index (χ2n) is 10.5. The van der Waals surface area contributed by atoms with E-state index in [4.69, 9.17) is 14.2 Å². The van der Waals surface area contributed by atoms with Crippen molar-refractivity contribution < 1.29 is 33.4 Å². The Labute approximate surface area is 240 Å². The van der Waals surface area contributed by atoms with Crippen molar-refractivity contribution >= 4 is 23.5 Å². The topological polar surface area (TPSA) is 99.2 Å². The highest BCUT2D eigenvalue weighted by molar-refractivity contribution is 6.20. The second-order valence-corrected chi connectivity index (χ2v) is 10.5. The third-order valence-corrected chi connectivity index (χ3v) is 7.37. The van der Waals surface area contributed by atoms with Crippen LogP contribution in [0.5, 0.6) is 0 Å². The van der Waals surface area contributed by atoms with Gasteiger partial charge in [0, 0.05) is 13.0 Å². The van der Waals surface area contributed by atoms with Crippen molar-refractivity contribution in [1.82, 2.24) is 4.90 Å². The summed E-state index contributed by atoms with van der Waals surface area (Å²) in [6, 6.07) is 9.56. The lowest BCUT2D eigenvalue weighted by molar-refractivity contribution is -0.160. The van der Waals surface area contributed by atoms with Gasteiger partial charge in [0.1, 0.15) is 0 Å². The van der Waals surface area contributed by atoms with E-state index in [1.54, 1.807) is 13.8 Å². The quantitative estimate of drug-likeness (QED) is 0.118. The van der Waals surface area contributed by atoms with Gasteiger partial charge in [0.15, 0.2) is 17.5 Å². The van der Waals surface area contributed by atoms with Crippen molar-refractivity contribution in [2.75, 3.05) is 26.3 Å². The highest BCUT2D eigenvalue weighted by atomic mass is 16.5. The summed E-state index contributed by atoms with van der Waals surface area (Å²) in [7, 11) is 0. The fourth-order valence-corrected chi connectivity index (χ4v) is 5.19. The van der Waals surface area contributed by atoms with Gasteiger partial charge >= 0.3 is 11.9 Å². The maximum Gasteiger partial charge on any atom is 0.324 e. The molecule has 1 aliphatic rings. The molecule has 1 saturated heterocycles. The van der Waals surface area contributed by atoms with Gasteiger partial charge in [0.25, 0.3) is 0 Å². The Hall–Kier alpha value is -2.58. The van der Waals surface area contributed by atoms with Crippen molar-refractivity contribution in [1.29, 1.82) is 0 Å². The summed E-state index contributed by atoms with van der Waals surface area (Å²) in [6.07, 6.45) is 9.14. The zero-order valence-electron chi connectivity index (χ0n) is 24.7. The molecule has 1 aromatic rings. The highest BCUT2D eigenvalue weighted by Crippen LogP contribution is 2.25. The zero-order valence-corrected chi connectivity index (χ0v) is 24.7. The molecular weight excluding hydrogens is 510 g/mol. The lowest BCUT2D eigenvalue weighted by Gasteiger charge is -2.37. The zero-order chi connectivity index (χ0) is 29.2. The number of carbonyl (C=O) groups excluding carboxylic acids is 4. The number of hydrogen-bond acceptors (Lipinski definition) is 8. The average molecular weight is 560 g/mol. The van der Waals surface area contributed by atoms with Crippen molar-refractivity contribution in [3.63, 3.8) is 0 Å². The number of ketones is 2. The van der Waals surface area contributed by atoms with Crippen LogP contribution in [0.1, 0.15) is 97.0 Å². The first-order valence-corrected chi connectivity index (χ1v) is 15.2. The summed E-state index contributed by atoms with van der Waals surface area (Å²) in [5.74, 6) is -2.99. The van der Waals surface area contributed by atoms with E-state index < -0.39 is 17.9 Å². The number of hydrogen-bond donors (Lipinski definition) is 0. The summed E-state index contributed by atoms with van der Waals surface area (Å²) in [6.45, 7) is 7.28. The van der Waals surface area contributed by atoms with Crippen LogP contribution in [0, 0.1) is 5.92 Å². The lowest BCUT2D eigenvalue weighted by Crippen LogP contribution is -2.57. The van der Waals surface area contributed by atoms with Crippen LogP contribution in [0.4, 0.5) is 0 Å². The van der Waals surface area contributed by atoms with Crippen LogP contribution in [0.25, 0.3) is 0 Å². The molecule has 0 radical (unpaired) electrons. The van der Waals surface area contributed by atoms with Gasteiger partial charge in [-0.2, -0.15) is 0 Å². The van der Waals surface area contributed by atoms with Crippen LogP contribution in [0.15, 0.2) is 30.3 Å². The molecule has 0 spiro atoms. The summed E-state index contributed by atoms with van der Waals surface area (Å²) >= 11 is 0. The van der Waals surface area contributed by atoms with Crippen molar-refractivity contribution in [3.05, 3.63) is 35.9 Å². The third kappa shape index (κ3) is 11.9. The first-order chi connectivity index (χ1) is 19.4. The molecule has 1 aromatic carbocycles. The smallest absolute Gasteiger partial charge is 0.324 e. The molecule has 40 heavy (non-hydrogen) atoms. The SMILES string of the molecule is CCCCCC(CCN1CC(=O)C(C(=O)OCC)C(=O)C1CCCCCCC(=O)OCC)OCc1ccccc1. The third-order valence-electron chi connectivity index (χ3n) is 7.37. The van der Waals surface area contributed by atoms with Crippen molar-refractivity contribution in [2.45, 2.75) is 110 Å². The fraction of sp³-hybridized carbons (Fsp3) is 0.688. The van der Waals surface area contributed by atoms with E-state index in [1.807, 2.05) is 35.2 Å². The van der Waals surface area contributed by atoms with E-state index >= 15 is 0 Å². The van der Waals surface area contributed by atoms with Gasteiger partial charge in [-0.1, -0.05) is 75.8 Å². The Morgan fingerprint density at radius 1 is 0.900 bits per heavy atom. The second kappa shape index (κ2) is 19.5. The molecule has 2 rings (SSSR count). The van der Waals surface area contributed by atoms with Gasteiger partial charge in [0.05, 0.1) is 38.5 Å². The van der Waals surface area contributed by atoms with Crippen LogP contribution < -0.4 is 0 Å². The van der Waals surface area contributed by atoms with Crippen LogP contribution >= 0.6 is 0 Å². The molecule has 0 aromatic heterocycles. The van der Waals surface area contributed by atoms with Gasteiger partial charge in [-0.05, 0) is 45.1 Å². The largest absolute Gasteiger partial charge is 0.466 e. The van der Waals surface area contributed by atoms with E-state index in [2.05, 4.69) is 6.92 Å². The number of benzene rings is 1. The summed E-state index contributed by atoms with van der Waals surface area (Å²) in [5.41, 5.74) is 1.12. The molecule has 0 aliphatic carbocycles. The van der Waals surface area contributed by atoms with E-state index in [0.717, 1.165) is 56.9 Å². The molecule has 8 nitrogen and oxygen atoms in total. The standard InChI is InChI=1S/C32H49NO7/c1-4-7-11-18-26(40-24-25-16-12-10-13-17-25)21-22-33-23-28(34)30(32(37)39-6-3)31(36)27(33)19-14-8-9-15-20-29(35)38-5-2/h10,12-13,16-17,26-27,30H,4-9,11,14-15,18-24H2,1-3H3. The number of carbonyl (C=O) groups is 4. The predicted octanol–water partition coefficient (Wildman–Crippen LogP) is 5.45. The van der Waals surface area contributed by atoms with Crippen LogP contribution in [0.2, 0.25) is 0 Å². The van der Waals surface area contributed by atoms with Gasteiger partial charge in [-0.3, -0.25) is 24.1 Å². The van der Waals surface area contributed by atoms with Crippen LogP contribution in [-0.4, -0.2) is 66.9 Å². The molecule has 1 heterocycles. The van der Waals surface area contributed by atoms with Crippen molar-refractivity contribution in [3.8, 4) is 0 Å². The molecule has 0 N–H and O–H groups in total. The number of rotatable bonds is 20. The number of ether oxygens (including phenoxy) is 3. The molecule has 1 aliphatic heterocycles. The summed E-state index contributed by atoms with van der Waals surface area (Å²) in [5, 5.41) is 0.